The summed E-state index contributed by atoms with van der Waals surface area (Å²) in [6, 6.07) is -0.475. The number of unbranched alkanes of at least 4 members (excludes halogenated alkanes) is 11. The summed E-state index contributed by atoms with van der Waals surface area (Å²) in [7, 11) is 0. The van der Waals surface area contributed by atoms with Crippen molar-refractivity contribution in [3.63, 3.8) is 0 Å². The monoisotopic (exact) mass is 567 g/mol. The number of carbonyl (C=O) groups excluding carboxylic acids is 2. The second-order valence-electron chi connectivity index (χ2n) is 11.1. The lowest BCUT2D eigenvalue weighted by atomic mass is 10.1. The van der Waals surface area contributed by atoms with Crippen molar-refractivity contribution in [1.82, 2.24) is 21.3 Å². The van der Waals surface area contributed by atoms with Crippen LogP contribution in [0.3, 0.4) is 0 Å². The zero-order chi connectivity index (χ0) is 29.4. The molecule has 0 unspecified atom stereocenters. The van der Waals surface area contributed by atoms with Gasteiger partial charge in [0.1, 0.15) is 0 Å². The van der Waals surface area contributed by atoms with Crippen LogP contribution in [-0.4, -0.2) is 63.7 Å². The molecule has 0 saturated carbocycles. The number of allylic oxidation sites excluding steroid dienone is 2. The number of nitrogens with one attached hydrogen (secondary N) is 4. The van der Waals surface area contributed by atoms with Crippen LogP contribution in [0, 0.1) is 0 Å². The van der Waals surface area contributed by atoms with Crippen LogP contribution in [0.2, 0.25) is 0 Å². The molecule has 0 saturated heterocycles. The van der Waals surface area contributed by atoms with E-state index in [9.17, 15) is 9.59 Å². The van der Waals surface area contributed by atoms with E-state index in [1.54, 1.807) is 0 Å². The van der Waals surface area contributed by atoms with Crippen LogP contribution >= 0.6 is 0 Å². The molecule has 1 atom stereocenters. The van der Waals surface area contributed by atoms with Gasteiger partial charge in [-0.2, -0.15) is 0 Å². The van der Waals surface area contributed by atoms with E-state index in [1.165, 1.54) is 57.8 Å². The SMILES string of the molecule is CCCCCC/C=C/CCCCCCCC(=O)NCCCC[C@@H](N)C(=O)NCCCNCCCCNCCCN. The van der Waals surface area contributed by atoms with Crippen molar-refractivity contribution < 1.29 is 9.59 Å². The molecule has 2 amide bonds. The van der Waals surface area contributed by atoms with E-state index in [0.717, 1.165) is 84.1 Å². The third kappa shape index (κ3) is 29.5. The molecule has 0 rings (SSSR count). The number of hydrogen-bond donors (Lipinski definition) is 6. The van der Waals surface area contributed by atoms with Crippen LogP contribution in [-0.2, 0) is 9.59 Å². The first-order valence-electron chi connectivity index (χ1n) is 16.7. The van der Waals surface area contributed by atoms with Gasteiger partial charge in [0.2, 0.25) is 11.8 Å². The van der Waals surface area contributed by atoms with Crippen LogP contribution in [0.15, 0.2) is 12.2 Å². The summed E-state index contributed by atoms with van der Waals surface area (Å²) in [6.07, 6.45) is 25.4. The van der Waals surface area contributed by atoms with E-state index in [4.69, 9.17) is 11.5 Å². The summed E-state index contributed by atoms with van der Waals surface area (Å²) in [6.45, 7) is 8.24. The fourth-order valence-corrected chi connectivity index (χ4v) is 4.47. The van der Waals surface area contributed by atoms with Crippen molar-refractivity contribution >= 4 is 11.8 Å². The fraction of sp³-hybridized carbons (Fsp3) is 0.875. The van der Waals surface area contributed by atoms with E-state index < -0.39 is 6.04 Å². The van der Waals surface area contributed by atoms with Gasteiger partial charge in [-0.05, 0) is 110 Å². The van der Waals surface area contributed by atoms with Gasteiger partial charge in [0, 0.05) is 19.5 Å². The van der Waals surface area contributed by atoms with Crippen molar-refractivity contribution in [2.45, 2.75) is 135 Å². The minimum Gasteiger partial charge on any atom is -0.356 e. The molecule has 0 spiro atoms. The third-order valence-corrected chi connectivity index (χ3v) is 7.11. The second kappa shape index (κ2) is 32.0. The van der Waals surface area contributed by atoms with Gasteiger partial charge in [-0.25, -0.2) is 0 Å². The minimum absolute atomic E-state index is 0.0778. The number of amides is 2. The first-order valence-corrected chi connectivity index (χ1v) is 16.7. The summed E-state index contributed by atoms with van der Waals surface area (Å²) >= 11 is 0. The highest BCUT2D eigenvalue weighted by molar-refractivity contribution is 5.81. The number of nitrogens with two attached hydrogens (primary N) is 2. The Morgan fingerprint density at radius 2 is 1.18 bits per heavy atom. The van der Waals surface area contributed by atoms with E-state index >= 15 is 0 Å². The lowest BCUT2D eigenvalue weighted by Gasteiger charge is -2.12. The zero-order valence-electron chi connectivity index (χ0n) is 26.1. The standard InChI is InChI=1S/C32H66N6O2/c1-2-3-4-5-6-7-8-9-10-11-12-13-14-22-31(39)37-28-16-15-21-30(34)32(40)38-29-20-27-36-25-18-17-24-35-26-19-23-33/h7-8,30,35-36H,2-6,9-29,33-34H2,1H3,(H,37,39)(H,38,40)/b8-7+/t30-/m1/s1. The normalized spacial score (nSPS) is 12.2. The molecular formula is C32H66N6O2. The van der Waals surface area contributed by atoms with Gasteiger partial charge in [-0.15, -0.1) is 0 Å². The maximum atomic E-state index is 12.2. The van der Waals surface area contributed by atoms with E-state index in [-0.39, 0.29) is 11.8 Å². The molecule has 236 valence electrons. The molecular weight excluding hydrogens is 500 g/mol. The molecule has 40 heavy (non-hydrogen) atoms. The highest BCUT2D eigenvalue weighted by Crippen LogP contribution is 2.09. The number of carbonyl (C=O) groups is 2. The maximum Gasteiger partial charge on any atom is 0.236 e. The second-order valence-corrected chi connectivity index (χ2v) is 11.1. The quantitative estimate of drug-likeness (QED) is 0.0533. The molecule has 0 aromatic carbocycles. The highest BCUT2D eigenvalue weighted by Gasteiger charge is 2.12. The molecule has 0 aromatic rings. The summed E-state index contributed by atoms with van der Waals surface area (Å²) in [5.41, 5.74) is 11.5. The van der Waals surface area contributed by atoms with E-state index in [2.05, 4.69) is 40.3 Å². The molecule has 0 aliphatic rings. The molecule has 8 N–H and O–H groups in total. The topological polar surface area (TPSA) is 134 Å². The van der Waals surface area contributed by atoms with Crippen molar-refractivity contribution in [3.05, 3.63) is 12.2 Å². The summed E-state index contributed by atoms with van der Waals surface area (Å²) in [4.78, 5) is 24.2. The Balaban J connectivity index is 3.42. The number of rotatable bonds is 31. The summed E-state index contributed by atoms with van der Waals surface area (Å²) in [5, 5.41) is 12.7. The molecule has 0 aliphatic heterocycles. The van der Waals surface area contributed by atoms with Gasteiger partial charge in [-0.1, -0.05) is 57.6 Å². The van der Waals surface area contributed by atoms with Crippen LogP contribution in [0.1, 0.15) is 129 Å². The van der Waals surface area contributed by atoms with Crippen molar-refractivity contribution in [3.8, 4) is 0 Å². The Morgan fingerprint density at radius 1 is 0.625 bits per heavy atom. The van der Waals surface area contributed by atoms with Crippen molar-refractivity contribution in [2.24, 2.45) is 11.5 Å². The fourth-order valence-electron chi connectivity index (χ4n) is 4.47. The Bertz CT molecular complexity index is 588. The average molecular weight is 567 g/mol. The van der Waals surface area contributed by atoms with Gasteiger partial charge in [0.15, 0.2) is 0 Å². The Labute approximate surface area is 247 Å². The highest BCUT2D eigenvalue weighted by atomic mass is 16.2. The predicted octanol–water partition coefficient (Wildman–Crippen LogP) is 4.67. The van der Waals surface area contributed by atoms with Crippen LogP contribution in [0.25, 0.3) is 0 Å². The first-order chi connectivity index (χ1) is 19.6. The predicted molar refractivity (Wildman–Crippen MR) is 171 cm³/mol. The summed E-state index contributed by atoms with van der Waals surface area (Å²) in [5.74, 6) is 0.0619. The Kier molecular flexibility index (Phi) is 30.9. The van der Waals surface area contributed by atoms with Crippen LogP contribution in [0.4, 0.5) is 0 Å². The molecule has 0 radical (unpaired) electrons. The molecule has 0 aromatic heterocycles. The zero-order valence-corrected chi connectivity index (χ0v) is 26.1. The van der Waals surface area contributed by atoms with Crippen molar-refractivity contribution in [2.75, 3.05) is 45.8 Å². The van der Waals surface area contributed by atoms with Crippen LogP contribution in [0.5, 0.6) is 0 Å². The van der Waals surface area contributed by atoms with Gasteiger partial charge in [0.05, 0.1) is 6.04 Å². The summed E-state index contributed by atoms with van der Waals surface area (Å²) < 4.78 is 0. The first kappa shape index (κ1) is 38.5. The van der Waals surface area contributed by atoms with Gasteiger partial charge in [-0.3, -0.25) is 9.59 Å². The third-order valence-electron chi connectivity index (χ3n) is 7.11. The minimum atomic E-state index is -0.475. The number of hydrogen-bond acceptors (Lipinski definition) is 6. The molecule has 0 aliphatic carbocycles. The Morgan fingerprint density at radius 3 is 1.85 bits per heavy atom. The lowest BCUT2D eigenvalue weighted by Crippen LogP contribution is -2.41. The van der Waals surface area contributed by atoms with E-state index in [1.807, 2.05) is 0 Å². The molecule has 0 bridgehead atoms. The molecule has 0 heterocycles. The van der Waals surface area contributed by atoms with Gasteiger partial charge in [0.25, 0.3) is 0 Å². The molecule has 0 fully saturated rings. The largest absolute Gasteiger partial charge is 0.356 e. The average Bonchev–Trinajstić information content (AvgIpc) is 2.95. The van der Waals surface area contributed by atoms with Crippen molar-refractivity contribution in [1.29, 1.82) is 0 Å². The van der Waals surface area contributed by atoms with Crippen LogP contribution < -0.4 is 32.7 Å². The maximum absolute atomic E-state index is 12.2. The molecule has 8 heteroatoms. The lowest BCUT2D eigenvalue weighted by molar-refractivity contribution is -0.123. The van der Waals surface area contributed by atoms with Gasteiger partial charge >= 0.3 is 0 Å². The molecule has 8 nitrogen and oxygen atoms in total. The Hall–Kier alpha value is -1.48. The smallest absolute Gasteiger partial charge is 0.236 e. The van der Waals surface area contributed by atoms with Gasteiger partial charge < -0.3 is 32.7 Å². The van der Waals surface area contributed by atoms with E-state index in [0.29, 0.717) is 25.9 Å².